The first-order valence-electron chi connectivity index (χ1n) is 6.20. The number of hydrogen-bond donors (Lipinski definition) is 0. The highest BCUT2D eigenvalue weighted by Crippen LogP contribution is 2.16. The zero-order chi connectivity index (χ0) is 15.5. The fourth-order valence-corrected chi connectivity index (χ4v) is 3.23. The molecule has 0 fully saturated rings. The molecule has 0 spiro atoms. The Bertz CT molecular complexity index is 760. The van der Waals surface area contributed by atoms with Crippen molar-refractivity contribution in [1.29, 1.82) is 0 Å². The van der Waals surface area contributed by atoms with Gasteiger partial charge in [-0.25, -0.2) is 12.7 Å². The minimum Gasteiger partial charge on any atom is -0.289 e. The van der Waals surface area contributed by atoms with Crippen molar-refractivity contribution in [2.75, 3.05) is 14.1 Å². The van der Waals surface area contributed by atoms with Gasteiger partial charge in [0.05, 0.1) is 4.90 Å². The van der Waals surface area contributed by atoms with Crippen LogP contribution in [0.25, 0.3) is 6.08 Å². The molecule has 6 heteroatoms. The molecule has 21 heavy (non-hydrogen) atoms. The summed E-state index contributed by atoms with van der Waals surface area (Å²) in [5, 5.41) is 1.93. The summed E-state index contributed by atoms with van der Waals surface area (Å²) in [4.78, 5) is 13.2. The first-order chi connectivity index (χ1) is 9.91. The predicted octanol–water partition coefficient (Wildman–Crippen LogP) is 2.89. The van der Waals surface area contributed by atoms with Crippen molar-refractivity contribution in [1.82, 2.24) is 4.31 Å². The van der Waals surface area contributed by atoms with E-state index in [9.17, 15) is 13.2 Å². The van der Waals surface area contributed by atoms with Gasteiger partial charge in [0, 0.05) is 24.5 Å². The third-order valence-electron chi connectivity index (χ3n) is 2.84. The number of ketones is 1. The molecule has 0 amide bonds. The van der Waals surface area contributed by atoms with Gasteiger partial charge in [0.15, 0.2) is 5.78 Å². The van der Waals surface area contributed by atoms with Crippen molar-refractivity contribution >= 4 is 33.2 Å². The maximum Gasteiger partial charge on any atom is 0.242 e. The standard InChI is InChI=1S/C15H15NO3S2/c1-16(2)21(18,19)14-7-3-5-12(11-14)15(17)9-8-13-6-4-10-20-13/h3-11H,1-2H3/b9-8+. The molecule has 0 N–H and O–H groups in total. The largest absolute Gasteiger partial charge is 0.289 e. The summed E-state index contributed by atoms with van der Waals surface area (Å²) < 4.78 is 25.2. The third kappa shape index (κ3) is 3.66. The monoisotopic (exact) mass is 321 g/mol. The van der Waals surface area contributed by atoms with E-state index in [1.807, 2.05) is 17.5 Å². The average molecular weight is 321 g/mol. The van der Waals surface area contributed by atoms with Crippen molar-refractivity contribution in [3.63, 3.8) is 0 Å². The Hall–Kier alpha value is -1.76. The summed E-state index contributed by atoms with van der Waals surface area (Å²) in [6.45, 7) is 0. The van der Waals surface area contributed by atoms with E-state index >= 15 is 0 Å². The zero-order valence-electron chi connectivity index (χ0n) is 11.7. The topological polar surface area (TPSA) is 54.5 Å². The van der Waals surface area contributed by atoms with Crippen LogP contribution >= 0.6 is 11.3 Å². The molecule has 4 nitrogen and oxygen atoms in total. The van der Waals surface area contributed by atoms with E-state index in [1.165, 1.54) is 43.6 Å². The Kier molecular flexibility index (Phi) is 4.72. The van der Waals surface area contributed by atoms with Crippen LogP contribution in [0, 0.1) is 0 Å². The normalized spacial score (nSPS) is 12.1. The van der Waals surface area contributed by atoms with Crippen LogP contribution in [0.1, 0.15) is 15.2 Å². The molecule has 1 aromatic carbocycles. The van der Waals surface area contributed by atoms with E-state index in [2.05, 4.69) is 0 Å². The molecule has 0 saturated heterocycles. The van der Waals surface area contributed by atoms with E-state index in [4.69, 9.17) is 0 Å². The number of carbonyl (C=O) groups excluding carboxylic acids is 1. The summed E-state index contributed by atoms with van der Waals surface area (Å²) >= 11 is 1.53. The highest BCUT2D eigenvalue weighted by molar-refractivity contribution is 7.89. The van der Waals surface area contributed by atoms with Crippen LogP contribution in [-0.4, -0.2) is 32.6 Å². The first-order valence-corrected chi connectivity index (χ1v) is 8.52. The number of allylic oxidation sites excluding steroid dienone is 1. The van der Waals surface area contributed by atoms with Crippen LogP contribution in [0.15, 0.2) is 52.7 Å². The lowest BCUT2D eigenvalue weighted by Gasteiger charge is -2.11. The van der Waals surface area contributed by atoms with E-state index in [0.29, 0.717) is 5.56 Å². The number of nitrogens with zero attached hydrogens (tertiary/aromatic N) is 1. The quantitative estimate of drug-likeness (QED) is 0.628. The van der Waals surface area contributed by atoms with Gasteiger partial charge < -0.3 is 0 Å². The highest BCUT2D eigenvalue weighted by Gasteiger charge is 2.18. The molecule has 0 aliphatic heterocycles. The molecule has 1 heterocycles. The molecule has 110 valence electrons. The number of benzene rings is 1. The molecule has 0 atom stereocenters. The van der Waals surface area contributed by atoms with E-state index in [0.717, 1.165) is 9.18 Å². The minimum atomic E-state index is -3.53. The molecule has 0 aliphatic rings. The van der Waals surface area contributed by atoms with Crippen molar-refractivity contribution in [3.05, 3.63) is 58.3 Å². The van der Waals surface area contributed by atoms with E-state index in [1.54, 1.807) is 18.2 Å². The summed E-state index contributed by atoms with van der Waals surface area (Å²) in [7, 11) is -0.614. The number of carbonyl (C=O) groups is 1. The lowest BCUT2D eigenvalue weighted by molar-refractivity contribution is 0.104. The molecular formula is C15H15NO3S2. The lowest BCUT2D eigenvalue weighted by Crippen LogP contribution is -2.22. The Balaban J connectivity index is 2.27. The van der Waals surface area contributed by atoms with Gasteiger partial charge >= 0.3 is 0 Å². The Morgan fingerprint density at radius 1 is 1.19 bits per heavy atom. The SMILES string of the molecule is CN(C)S(=O)(=O)c1cccc(C(=O)/C=C/c2cccs2)c1. The van der Waals surface area contributed by atoms with Crippen LogP contribution in [-0.2, 0) is 10.0 Å². The highest BCUT2D eigenvalue weighted by atomic mass is 32.2. The molecule has 2 aromatic rings. The number of thiophene rings is 1. The second-order valence-electron chi connectivity index (χ2n) is 4.53. The summed E-state index contributed by atoms with van der Waals surface area (Å²) in [5.74, 6) is -0.223. The fourth-order valence-electron chi connectivity index (χ4n) is 1.66. The lowest BCUT2D eigenvalue weighted by atomic mass is 10.1. The maximum absolute atomic E-state index is 12.1. The smallest absolute Gasteiger partial charge is 0.242 e. The van der Waals surface area contributed by atoms with E-state index in [-0.39, 0.29) is 10.7 Å². The molecule has 0 radical (unpaired) electrons. The fraction of sp³-hybridized carbons (Fsp3) is 0.133. The van der Waals surface area contributed by atoms with Crippen LogP contribution in [0.4, 0.5) is 0 Å². The second-order valence-corrected chi connectivity index (χ2v) is 7.66. The van der Waals surface area contributed by atoms with Crippen LogP contribution < -0.4 is 0 Å². The van der Waals surface area contributed by atoms with Crippen molar-refractivity contribution in [2.24, 2.45) is 0 Å². The van der Waals surface area contributed by atoms with Gasteiger partial charge in [-0.15, -0.1) is 11.3 Å². The van der Waals surface area contributed by atoms with Gasteiger partial charge in [0.25, 0.3) is 0 Å². The predicted molar refractivity (Wildman–Crippen MR) is 85.0 cm³/mol. The third-order valence-corrected chi connectivity index (χ3v) is 5.49. The van der Waals surface area contributed by atoms with Crippen molar-refractivity contribution < 1.29 is 13.2 Å². The molecule has 2 rings (SSSR count). The van der Waals surface area contributed by atoms with E-state index < -0.39 is 10.0 Å². The molecule has 0 aliphatic carbocycles. The maximum atomic E-state index is 12.1. The Morgan fingerprint density at radius 3 is 2.57 bits per heavy atom. The van der Waals surface area contributed by atoms with Crippen LogP contribution in [0.3, 0.4) is 0 Å². The zero-order valence-corrected chi connectivity index (χ0v) is 13.3. The van der Waals surface area contributed by atoms with Gasteiger partial charge in [0.2, 0.25) is 10.0 Å². The van der Waals surface area contributed by atoms with Crippen LogP contribution in [0.2, 0.25) is 0 Å². The van der Waals surface area contributed by atoms with Crippen molar-refractivity contribution in [3.8, 4) is 0 Å². The minimum absolute atomic E-state index is 0.114. The number of sulfonamides is 1. The molecule has 1 aromatic heterocycles. The van der Waals surface area contributed by atoms with Crippen molar-refractivity contribution in [2.45, 2.75) is 4.90 Å². The Morgan fingerprint density at radius 2 is 1.95 bits per heavy atom. The molecule has 0 saturated carbocycles. The van der Waals surface area contributed by atoms with Gasteiger partial charge in [-0.1, -0.05) is 18.2 Å². The van der Waals surface area contributed by atoms with Gasteiger partial charge in [-0.2, -0.15) is 0 Å². The molecule has 0 bridgehead atoms. The molecule has 0 unspecified atom stereocenters. The van der Waals surface area contributed by atoms with Gasteiger partial charge in [-0.05, 0) is 35.7 Å². The number of rotatable bonds is 5. The second kappa shape index (κ2) is 6.34. The average Bonchev–Trinajstić information content (AvgIpc) is 2.98. The van der Waals surface area contributed by atoms with Gasteiger partial charge in [0.1, 0.15) is 0 Å². The summed E-state index contributed by atoms with van der Waals surface area (Å²) in [6, 6.07) is 9.87. The number of hydrogen-bond acceptors (Lipinski definition) is 4. The first kappa shape index (κ1) is 15.6. The molecular weight excluding hydrogens is 306 g/mol. The summed E-state index contributed by atoms with van der Waals surface area (Å²) in [6.07, 6.45) is 3.17. The van der Waals surface area contributed by atoms with Gasteiger partial charge in [-0.3, -0.25) is 4.79 Å². The summed E-state index contributed by atoms with van der Waals surface area (Å²) in [5.41, 5.74) is 0.353. The van der Waals surface area contributed by atoms with Crippen LogP contribution in [0.5, 0.6) is 0 Å². The Labute approximate surface area is 128 Å².